The Morgan fingerprint density at radius 1 is 1.47 bits per heavy atom. The zero-order valence-electron chi connectivity index (χ0n) is 10.2. The van der Waals surface area contributed by atoms with Crippen molar-refractivity contribution in [1.29, 1.82) is 0 Å². The van der Waals surface area contributed by atoms with Crippen LogP contribution in [0.15, 0.2) is 18.2 Å². The lowest BCUT2D eigenvalue weighted by atomic mass is 9.99. The molecule has 2 N–H and O–H groups in total. The molecular weight excluding hydrogens is 239 g/mol. The second-order valence-corrected chi connectivity index (χ2v) is 5.33. The Kier molecular flexibility index (Phi) is 3.71. The van der Waals surface area contributed by atoms with E-state index in [4.69, 9.17) is 17.3 Å². The van der Waals surface area contributed by atoms with Crippen LogP contribution in [0, 0.1) is 5.82 Å². The predicted octanol–water partition coefficient (Wildman–Crippen LogP) is 2.96. The Morgan fingerprint density at radius 3 is 2.82 bits per heavy atom. The van der Waals surface area contributed by atoms with Gasteiger partial charge in [-0.3, -0.25) is 4.90 Å². The number of nitrogens with two attached hydrogens (primary N) is 1. The highest BCUT2D eigenvalue weighted by molar-refractivity contribution is 6.30. The quantitative estimate of drug-likeness (QED) is 0.882. The average molecular weight is 257 g/mol. The second kappa shape index (κ2) is 4.92. The molecule has 1 aromatic rings. The normalized spacial score (nSPS) is 25.8. The fourth-order valence-electron chi connectivity index (χ4n) is 2.57. The van der Waals surface area contributed by atoms with Gasteiger partial charge in [0.05, 0.1) is 6.04 Å². The van der Waals surface area contributed by atoms with Gasteiger partial charge in [0.2, 0.25) is 0 Å². The number of nitrogens with zero attached hydrogens (tertiary/aromatic N) is 1. The molecule has 4 heteroatoms. The summed E-state index contributed by atoms with van der Waals surface area (Å²) >= 11 is 5.94. The molecule has 2 unspecified atom stereocenters. The molecule has 2 atom stereocenters. The van der Waals surface area contributed by atoms with Crippen LogP contribution in [0.5, 0.6) is 0 Å². The van der Waals surface area contributed by atoms with Crippen LogP contribution in [0.2, 0.25) is 5.02 Å². The van der Waals surface area contributed by atoms with E-state index in [-0.39, 0.29) is 17.9 Å². The topological polar surface area (TPSA) is 29.3 Å². The number of rotatable bonds is 2. The first-order chi connectivity index (χ1) is 8.00. The van der Waals surface area contributed by atoms with Gasteiger partial charge in [0.1, 0.15) is 5.82 Å². The highest BCUT2D eigenvalue weighted by atomic mass is 35.5. The highest BCUT2D eigenvalue weighted by Gasteiger charge is 2.35. The summed E-state index contributed by atoms with van der Waals surface area (Å²) in [5, 5.41) is 0.559. The van der Waals surface area contributed by atoms with E-state index < -0.39 is 0 Å². The van der Waals surface area contributed by atoms with E-state index in [2.05, 4.69) is 18.7 Å². The molecule has 2 nitrogen and oxygen atoms in total. The van der Waals surface area contributed by atoms with Gasteiger partial charge < -0.3 is 5.73 Å². The second-order valence-electron chi connectivity index (χ2n) is 4.89. The molecule has 0 bridgehead atoms. The van der Waals surface area contributed by atoms with Gasteiger partial charge in [-0.1, -0.05) is 11.6 Å². The van der Waals surface area contributed by atoms with E-state index in [0.29, 0.717) is 16.6 Å². The molecule has 17 heavy (non-hydrogen) atoms. The van der Waals surface area contributed by atoms with Gasteiger partial charge in [-0.15, -0.1) is 0 Å². The van der Waals surface area contributed by atoms with Crippen LogP contribution < -0.4 is 5.73 Å². The molecule has 1 aromatic carbocycles. The maximum atomic E-state index is 13.9. The third kappa shape index (κ3) is 2.46. The Morgan fingerprint density at radius 2 is 2.18 bits per heavy atom. The molecule has 0 aromatic heterocycles. The Labute approximate surface area is 107 Å². The van der Waals surface area contributed by atoms with E-state index >= 15 is 0 Å². The molecule has 1 saturated heterocycles. The van der Waals surface area contributed by atoms with Crippen molar-refractivity contribution in [1.82, 2.24) is 4.90 Å². The molecule has 2 rings (SSSR count). The number of hydrogen-bond donors (Lipinski definition) is 1. The van der Waals surface area contributed by atoms with Gasteiger partial charge in [-0.25, -0.2) is 4.39 Å². The zero-order valence-corrected chi connectivity index (χ0v) is 10.9. The number of benzene rings is 1. The van der Waals surface area contributed by atoms with Gasteiger partial charge in [-0.2, -0.15) is 0 Å². The van der Waals surface area contributed by atoms with Crippen LogP contribution >= 0.6 is 11.6 Å². The van der Waals surface area contributed by atoms with Gasteiger partial charge in [-0.05, 0) is 38.5 Å². The van der Waals surface area contributed by atoms with Gasteiger partial charge in [0.25, 0.3) is 0 Å². The molecule has 0 aliphatic carbocycles. The minimum Gasteiger partial charge on any atom is -0.326 e. The minimum atomic E-state index is -0.220. The van der Waals surface area contributed by atoms with Crippen LogP contribution in [-0.4, -0.2) is 23.5 Å². The maximum Gasteiger partial charge on any atom is 0.128 e. The van der Waals surface area contributed by atoms with Gasteiger partial charge in [0.15, 0.2) is 0 Å². The molecule has 0 radical (unpaired) electrons. The van der Waals surface area contributed by atoms with E-state index in [1.807, 2.05) is 0 Å². The summed E-state index contributed by atoms with van der Waals surface area (Å²) < 4.78 is 13.9. The van der Waals surface area contributed by atoms with Crippen molar-refractivity contribution in [3.8, 4) is 0 Å². The van der Waals surface area contributed by atoms with Gasteiger partial charge >= 0.3 is 0 Å². The molecular formula is C13H18ClFN2. The lowest BCUT2D eigenvalue weighted by Crippen LogP contribution is -2.36. The van der Waals surface area contributed by atoms with Crippen molar-refractivity contribution >= 4 is 11.6 Å². The third-order valence-corrected chi connectivity index (χ3v) is 3.66. The van der Waals surface area contributed by atoms with Crippen LogP contribution in [0.4, 0.5) is 4.39 Å². The zero-order chi connectivity index (χ0) is 12.6. The summed E-state index contributed by atoms with van der Waals surface area (Å²) in [7, 11) is 0. The smallest absolute Gasteiger partial charge is 0.128 e. The summed E-state index contributed by atoms with van der Waals surface area (Å²) in [6, 6.07) is 4.95. The highest BCUT2D eigenvalue weighted by Crippen LogP contribution is 2.35. The first-order valence-corrected chi connectivity index (χ1v) is 6.34. The minimum absolute atomic E-state index is 0.0228. The van der Waals surface area contributed by atoms with E-state index in [0.717, 1.165) is 13.0 Å². The van der Waals surface area contributed by atoms with Crippen LogP contribution in [0.25, 0.3) is 0 Å². The molecule has 1 aliphatic heterocycles. The van der Waals surface area contributed by atoms with Crippen LogP contribution in [0.1, 0.15) is 31.9 Å². The van der Waals surface area contributed by atoms with Crippen molar-refractivity contribution in [2.45, 2.75) is 38.4 Å². The van der Waals surface area contributed by atoms with E-state index in [1.165, 1.54) is 6.07 Å². The standard InChI is InChI=1S/C13H18ClFN2/c1-8(2)17-6-5-12(16)13(17)10-7-9(14)3-4-11(10)15/h3-4,7-8,12-13H,5-6,16H2,1-2H3. The average Bonchev–Trinajstić information content (AvgIpc) is 2.64. The first kappa shape index (κ1) is 12.8. The fourth-order valence-corrected chi connectivity index (χ4v) is 2.75. The summed E-state index contributed by atoms with van der Waals surface area (Å²) in [6.45, 7) is 5.12. The molecule has 94 valence electrons. The molecule has 0 spiro atoms. The molecule has 1 fully saturated rings. The summed E-state index contributed by atoms with van der Waals surface area (Å²) in [5.74, 6) is -0.220. The Bertz CT molecular complexity index is 408. The maximum absolute atomic E-state index is 13.9. The van der Waals surface area contributed by atoms with Crippen molar-refractivity contribution in [3.63, 3.8) is 0 Å². The SMILES string of the molecule is CC(C)N1CCC(N)C1c1cc(Cl)ccc1F. The Balaban J connectivity index is 2.39. The lowest BCUT2D eigenvalue weighted by molar-refractivity contribution is 0.194. The summed E-state index contributed by atoms with van der Waals surface area (Å²) in [5.41, 5.74) is 6.73. The van der Waals surface area contributed by atoms with Crippen LogP contribution in [0.3, 0.4) is 0 Å². The monoisotopic (exact) mass is 256 g/mol. The van der Waals surface area contributed by atoms with Crippen LogP contribution in [-0.2, 0) is 0 Å². The van der Waals surface area contributed by atoms with Crippen molar-refractivity contribution in [2.24, 2.45) is 5.73 Å². The number of halogens is 2. The fraction of sp³-hybridized carbons (Fsp3) is 0.538. The van der Waals surface area contributed by atoms with Crippen molar-refractivity contribution in [2.75, 3.05) is 6.54 Å². The first-order valence-electron chi connectivity index (χ1n) is 5.97. The lowest BCUT2D eigenvalue weighted by Gasteiger charge is -2.30. The van der Waals surface area contributed by atoms with Crippen molar-refractivity contribution < 1.29 is 4.39 Å². The molecule has 0 saturated carbocycles. The number of hydrogen-bond acceptors (Lipinski definition) is 2. The third-order valence-electron chi connectivity index (χ3n) is 3.42. The molecule has 1 heterocycles. The van der Waals surface area contributed by atoms with Crippen molar-refractivity contribution in [3.05, 3.63) is 34.6 Å². The molecule has 0 amide bonds. The largest absolute Gasteiger partial charge is 0.326 e. The predicted molar refractivity (Wildman–Crippen MR) is 68.6 cm³/mol. The summed E-state index contributed by atoms with van der Waals surface area (Å²) in [4.78, 5) is 2.24. The molecule has 1 aliphatic rings. The van der Waals surface area contributed by atoms with E-state index in [1.54, 1.807) is 12.1 Å². The Hall–Kier alpha value is -0.640. The van der Waals surface area contributed by atoms with Gasteiger partial charge in [0, 0.05) is 29.2 Å². The number of likely N-dealkylation sites (tertiary alicyclic amines) is 1. The summed E-state index contributed by atoms with van der Waals surface area (Å²) in [6.07, 6.45) is 0.898. The van der Waals surface area contributed by atoms with E-state index in [9.17, 15) is 4.39 Å².